The van der Waals surface area contributed by atoms with Crippen molar-refractivity contribution in [2.75, 3.05) is 23.8 Å². The van der Waals surface area contributed by atoms with E-state index in [1.54, 1.807) is 0 Å². The Morgan fingerprint density at radius 1 is 1.33 bits per heavy atom. The Bertz CT molecular complexity index is 635. The van der Waals surface area contributed by atoms with Gasteiger partial charge in [0.25, 0.3) is 0 Å². The van der Waals surface area contributed by atoms with Crippen LogP contribution in [0.2, 0.25) is 0 Å². The zero-order chi connectivity index (χ0) is 14.8. The first-order valence-electron chi connectivity index (χ1n) is 7.47. The molecule has 2 aromatic rings. The molecule has 1 aromatic carbocycles. The smallest absolute Gasteiger partial charge is 0.150 e. The third-order valence-corrected chi connectivity index (χ3v) is 3.87. The van der Waals surface area contributed by atoms with E-state index in [-0.39, 0.29) is 0 Å². The summed E-state index contributed by atoms with van der Waals surface area (Å²) in [5, 5.41) is 4.57. The highest BCUT2D eigenvalue weighted by molar-refractivity contribution is 5.67. The lowest BCUT2D eigenvalue weighted by Crippen LogP contribution is -2.28. The van der Waals surface area contributed by atoms with Gasteiger partial charge in [-0.25, -0.2) is 0 Å². The van der Waals surface area contributed by atoms with Gasteiger partial charge in [0, 0.05) is 19.2 Å². The van der Waals surface area contributed by atoms with Gasteiger partial charge in [-0.2, -0.15) is 5.10 Å². The Kier molecular flexibility index (Phi) is 3.73. The average Bonchev–Trinajstić information content (AvgIpc) is 2.65. The van der Waals surface area contributed by atoms with Crippen molar-refractivity contribution in [1.82, 2.24) is 9.78 Å². The molecule has 21 heavy (non-hydrogen) atoms. The van der Waals surface area contributed by atoms with Crippen LogP contribution in [0, 0.1) is 0 Å². The molecule has 0 saturated heterocycles. The molecule has 1 aromatic heterocycles. The zero-order valence-corrected chi connectivity index (χ0v) is 12.7. The molecule has 5 nitrogen and oxygen atoms in total. The molecule has 3 rings (SSSR count). The number of benzene rings is 1. The number of anilines is 2. The van der Waals surface area contributed by atoms with Gasteiger partial charge in [0.15, 0.2) is 5.82 Å². The molecular formula is C16H22N4O. The van der Waals surface area contributed by atoms with Crippen LogP contribution in [0.5, 0.6) is 5.75 Å². The fraction of sp³-hybridized carbons (Fsp3) is 0.438. The predicted molar refractivity (Wildman–Crippen MR) is 84.6 cm³/mol. The molecule has 1 aliphatic heterocycles. The molecule has 0 atom stereocenters. The van der Waals surface area contributed by atoms with Gasteiger partial charge < -0.3 is 15.4 Å². The van der Waals surface area contributed by atoms with Crippen molar-refractivity contribution in [2.24, 2.45) is 7.05 Å². The van der Waals surface area contributed by atoms with E-state index in [1.807, 2.05) is 29.9 Å². The van der Waals surface area contributed by atoms with E-state index in [1.165, 1.54) is 5.56 Å². The van der Waals surface area contributed by atoms with Crippen molar-refractivity contribution in [1.29, 1.82) is 0 Å². The second kappa shape index (κ2) is 5.68. The minimum absolute atomic E-state index is 0.657. The van der Waals surface area contributed by atoms with Crippen molar-refractivity contribution in [3.05, 3.63) is 35.5 Å². The lowest BCUT2D eigenvalue weighted by Gasteiger charge is -2.22. The Morgan fingerprint density at radius 3 is 2.95 bits per heavy atom. The quantitative estimate of drug-likeness (QED) is 0.941. The van der Waals surface area contributed by atoms with Crippen LogP contribution in [0.4, 0.5) is 11.5 Å². The summed E-state index contributed by atoms with van der Waals surface area (Å²) in [4.78, 5) is 2.26. The number of aromatic nitrogens is 2. The molecule has 0 bridgehead atoms. The van der Waals surface area contributed by atoms with E-state index < -0.39 is 0 Å². The molecule has 0 saturated carbocycles. The van der Waals surface area contributed by atoms with Gasteiger partial charge in [0.2, 0.25) is 0 Å². The number of ether oxygens (including phenoxy) is 1. The number of rotatable bonds is 3. The maximum Gasteiger partial charge on any atom is 0.150 e. The maximum atomic E-state index is 6.33. The topological polar surface area (TPSA) is 56.3 Å². The number of hydrogen-bond acceptors (Lipinski definition) is 4. The summed E-state index contributed by atoms with van der Waals surface area (Å²) < 4.78 is 7.72. The first kappa shape index (κ1) is 13.8. The zero-order valence-electron chi connectivity index (χ0n) is 12.7. The molecule has 0 aliphatic carbocycles. The van der Waals surface area contributed by atoms with E-state index in [0.717, 1.165) is 48.9 Å². The summed E-state index contributed by atoms with van der Waals surface area (Å²) in [6.45, 7) is 4.41. The monoisotopic (exact) mass is 286 g/mol. The van der Waals surface area contributed by atoms with Crippen LogP contribution in [0.15, 0.2) is 24.3 Å². The van der Waals surface area contributed by atoms with E-state index in [9.17, 15) is 0 Å². The average molecular weight is 286 g/mol. The number of aryl methyl sites for hydroxylation is 2. The first-order chi connectivity index (χ1) is 10.2. The molecule has 5 heteroatoms. The van der Waals surface area contributed by atoms with Crippen LogP contribution >= 0.6 is 0 Å². The lowest BCUT2D eigenvalue weighted by molar-refractivity contribution is 0.331. The van der Waals surface area contributed by atoms with E-state index in [4.69, 9.17) is 10.5 Å². The molecule has 0 radical (unpaired) electrons. The summed E-state index contributed by atoms with van der Waals surface area (Å²) in [7, 11) is 1.96. The Morgan fingerprint density at radius 2 is 2.14 bits per heavy atom. The second-order valence-corrected chi connectivity index (χ2v) is 5.44. The van der Waals surface area contributed by atoms with Gasteiger partial charge >= 0.3 is 0 Å². The SMILES string of the molecule is CCCc1nn(C)c(N2CCOc3ccccc3C2)c1N. The number of nitrogens with zero attached hydrogens (tertiary/aromatic N) is 3. The number of nitrogens with two attached hydrogens (primary N) is 1. The number of nitrogen functional groups attached to an aromatic ring is 1. The molecule has 1 aliphatic rings. The van der Waals surface area contributed by atoms with Crippen LogP contribution in [-0.2, 0) is 20.0 Å². The molecule has 0 spiro atoms. The summed E-state index contributed by atoms with van der Waals surface area (Å²) in [6.07, 6.45) is 1.97. The summed E-state index contributed by atoms with van der Waals surface area (Å²) in [5.41, 5.74) is 9.31. The van der Waals surface area contributed by atoms with E-state index >= 15 is 0 Å². The van der Waals surface area contributed by atoms with Gasteiger partial charge in [0.1, 0.15) is 12.4 Å². The van der Waals surface area contributed by atoms with Crippen molar-refractivity contribution in [3.8, 4) is 5.75 Å². The summed E-state index contributed by atoms with van der Waals surface area (Å²) in [6, 6.07) is 8.17. The van der Waals surface area contributed by atoms with Crippen LogP contribution in [0.25, 0.3) is 0 Å². The molecule has 0 unspecified atom stereocenters. The summed E-state index contributed by atoms with van der Waals surface area (Å²) in [5.74, 6) is 1.97. The Labute approximate surface area is 125 Å². The molecule has 2 N–H and O–H groups in total. The van der Waals surface area contributed by atoms with E-state index in [2.05, 4.69) is 23.0 Å². The van der Waals surface area contributed by atoms with Gasteiger partial charge in [0.05, 0.1) is 17.9 Å². The van der Waals surface area contributed by atoms with Crippen LogP contribution in [0.1, 0.15) is 24.6 Å². The second-order valence-electron chi connectivity index (χ2n) is 5.44. The third-order valence-electron chi connectivity index (χ3n) is 3.87. The predicted octanol–water partition coefficient (Wildman–Crippen LogP) is 2.35. The molecule has 112 valence electrons. The largest absolute Gasteiger partial charge is 0.491 e. The maximum absolute atomic E-state index is 6.33. The van der Waals surface area contributed by atoms with Gasteiger partial charge in [-0.3, -0.25) is 4.68 Å². The van der Waals surface area contributed by atoms with Crippen LogP contribution in [-0.4, -0.2) is 22.9 Å². The first-order valence-corrected chi connectivity index (χ1v) is 7.47. The molecular weight excluding hydrogens is 264 g/mol. The molecule has 0 amide bonds. The van der Waals surface area contributed by atoms with E-state index in [0.29, 0.717) is 6.61 Å². The highest BCUT2D eigenvalue weighted by Gasteiger charge is 2.22. The number of fused-ring (bicyclic) bond motifs is 1. The van der Waals surface area contributed by atoms with Crippen LogP contribution < -0.4 is 15.4 Å². The Hall–Kier alpha value is -2.17. The molecule has 0 fully saturated rings. The number of hydrogen-bond donors (Lipinski definition) is 1. The van der Waals surface area contributed by atoms with Crippen molar-refractivity contribution < 1.29 is 4.74 Å². The number of para-hydroxylation sites is 1. The van der Waals surface area contributed by atoms with Gasteiger partial charge in [-0.05, 0) is 12.5 Å². The minimum Gasteiger partial charge on any atom is -0.491 e. The van der Waals surface area contributed by atoms with Crippen molar-refractivity contribution in [3.63, 3.8) is 0 Å². The van der Waals surface area contributed by atoms with Crippen molar-refractivity contribution >= 4 is 11.5 Å². The standard InChI is InChI=1S/C16H22N4O/c1-3-6-13-15(17)16(19(2)18-13)20-9-10-21-14-8-5-4-7-12(14)11-20/h4-5,7-8H,3,6,9-11,17H2,1-2H3. The normalized spacial score (nSPS) is 14.5. The fourth-order valence-corrected chi connectivity index (χ4v) is 2.89. The van der Waals surface area contributed by atoms with Gasteiger partial charge in [-0.1, -0.05) is 31.5 Å². The third kappa shape index (κ3) is 2.55. The lowest BCUT2D eigenvalue weighted by atomic mass is 10.2. The van der Waals surface area contributed by atoms with Crippen molar-refractivity contribution in [2.45, 2.75) is 26.3 Å². The Balaban J connectivity index is 1.94. The van der Waals surface area contributed by atoms with Crippen LogP contribution in [0.3, 0.4) is 0 Å². The minimum atomic E-state index is 0.657. The summed E-state index contributed by atoms with van der Waals surface area (Å²) >= 11 is 0. The molecule has 2 heterocycles. The van der Waals surface area contributed by atoms with Gasteiger partial charge in [-0.15, -0.1) is 0 Å². The highest BCUT2D eigenvalue weighted by Crippen LogP contribution is 2.31. The fourth-order valence-electron chi connectivity index (χ4n) is 2.89. The highest BCUT2D eigenvalue weighted by atomic mass is 16.5.